The van der Waals surface area contributed by atoms with Crippen LogP contribution in [0.15, 0.2) is 12.1 Å². The molecule has 4 nitrogen and oxygen atoms in total. The van der Waals surface area contributed by atoms with Gasteiger partial charge in [-0.25, -0.2) is 0 Å². The lowest BCUT2D eigenvalue weighted by Gasteiger charge is -2.25. The van der Waals surface area contributed by atoms with Crippen LogP contribution in [0.25, 0.3) is 0 Å². The summed E-state index contributed by atoms with van der Waals surface area (Å²) < 4.78 is 0. The molecule has 3 rings (SSSR count). The maximum atomic E-state index is 11.4. The molecule has 1 aromatic carbocycles. The van der Waals surface area contributed by atoms with Crippen LogP contribution in [0, 0.1) is 5.92 Å². The molecule has 1 aliphatic carbocycles. The van der Waals surface area contributed by atoms with Crippen molar-refractivity contribution < 1.29 is 4.79 Å². The summed E-state index contributed by atoms with van der Waals surface area (Å²) in [4.78, 5) is 13.7. The number of nitrogens with one attached hydrogen (secondary N) is 1. The van der Waals surface area contributed by atoms with Crippen LogP contribution in [0.2, 0.25) is 0 Å². The van der Waals surface area contributed by atoms with Crippen molar-refractivity contribution in [1.82, 2.24) is 0 Å². The lowest BCUT2D eigenvalue weighted by molar-refractivity contribution is -0.115. The SMILES string of the molecule is CCN(CC1CC1)c1cc2c(cc1N)CC(=O)N2. The lowest BCUT2D eigenvalue weighted by Crippen LogP contribution is -2.26. The molecule has 4 heteroatoms. The fraction of sp³-hybridized carbons (Fsp3) is 0.500. The number of anilines is 3. The van der Waals surface area contributed by atoms with Crippen molar-refractivity contribution in [3.8, 4) is 0 Å². The van der Waals surface area contributed by atoms with Gasteiger partial charge in [-0.15, -0.1) is 0 Å². The maximum absolute atomic E-state index is 11.4. The van der Waals surface area contributed by atoms with Crippen molar-refractivity contribution in [1.29, 1.82) is 0 Å². The quantitative estimate of drug-likeness (QED) is 0.798. The first kappa shape index (κ1) is 11.4. The Bertz CT molecular complexity index is 494. The summed E-state index contributed by atoms with van der Waals surface area (Å²) in [5, 5.41) is 2.89. The van der Waals surface area contributed by atoms with Gasteiger partial charge in [0.15, 0.2) is 0 Å². The maximum Gasteiger partial charge on any atom is 0.228 e. The van der Waals surface area contributed by atoms with Crippen LogP contribution < -0.4 is 16.0 Å². The second-order valence-electron chi connectivity index (χ2n) is 5.28. The van der Waals surface area contributed by atoms with Gasteiger partial charge in [-0.3, -0.25) is 4.79 Å². The summed E-state index contributed by atoms with van der Waals surface area (Å²) in [5.41, 5.74) is 9.92. The highest BCUT2D eigenvalue weighted by molar-refractivity contribution is 6.00. The van der Waals surface area contributed by atoms with Crippen LogP contribution in [0.5, 0.6) is 0 Å². The third-order valence-electron chi connectivity index (χ3n) is 3.78. The van der Waals surface area contributed by atoms with E-state index in [2.05, 4.69) is 17.1 Å². The normalized spacial score (nSPS) is 17.5. The van der Waals surface area contributed by atoms with E-state index < -0.39 is 0 Å². The van der Waals surface area contributed by atoms with Gasteiger partial charge in [-0.2, -0.15) is 0 Å². The van der Waals surface area contributed by atoms with Gasteiger partial charge in [-0.05, 0) is 43.4 Å². The van der Waals surface area contributed by atoms with E-state index >= 15 is 0 Å². The van der Waals surface area contributed by atoms with Crippen molar-refractivity contribution >= 4 is 23.0 Å². The Morgan fingerprint density at radius 3 is 2.89 bits per heavy atom. The van der Waals surface area contributed by atoms with Crippen LogP contribution in [0.3, 0.4) is 0 Å². The molecule has 2 aliphatic rings. The molecule has 0 radical (unpaired) electrons. The average molecular weight is 245 g/mol. The second-order valence-corrected chi connectivity index (χ2v) is 5.28. The molecule has 0 bridgehead atoms. The minimum Gasteiger partial charge on any atom is -0.397 e. The number of amides is 1. The van der Waals surface area contributed by atoms with Gasteiger partial charge in [0.25, 0.3) is 0 Å². The van der Waals surface area contributed by atoms with Crippen molar-refractivity contribution in [2.75, 3.05) is 29.0 Å². The molecule has 0 unspecified atom stereocenters. The number of fused-ring (bicyclic) bond motifs is 1. The van der Waals surface area contributed by atoms with Gasteiger partial charge in [0.05, 0.1) is 17.8 Å². The lowest BCUT2D eigenvalue weighted by atomic mass is 10.1. The summed E-state index contributed by atoms with van der Waals surface area (Å²) in [5.74, 6) is 0.888. The van der Waals surface area contributed by atoms with Gasteiger partial charge in [0.2, 0.25) is 5.91 Å². The second kappa shape index (κ2) is 4.19. The summed E-state index contributed by atoms with van der Waals surface area (Å²) >= 11 is 0. The van der Waals surface area contributed by atoms with Crippen molar-refractivity contribution in [2.24, 2.45) is 5.92 Å². The van der Waals surface area contributed by atoms with E-state index in [4.69, 9.17) is 5.73 Å². The van der Waals surface area contributed by atoms with Gasteiger partial charge in [-0.1, -0.05) is 0 Å². The van der Waals surface area contributed by atoms with Crippen LogP contribution in [0.1, 0.15) is 25.3 Å². The molecule has 1 amide bonds. The largest absolute Gasteiger partial charge is 0.397 e. The molecule has 1 aromatic rings. The summed E-state index contributed by atoms with van der Waals surface area (Å²) in [6, 6.07) is 3.97. The Morgan fingerprint density at radius 1 is 1.44 bits per heavy atom. The Labute approximate surface area is 107 Å². The number of benzene rings is 1. The van der Waals surface area contributed by atoms with E-state index in [-0.39, 0.29) is 5.91 Å². The highest BCUT2D eigenvalue weighted by atomic mass is 16.1. The Hall–Kier alpha value is -1.71. The Morgan fingerprint density at radius 2 is 2.22 bits per heavy atom. The smallest absolute Gasteiger partial charge is 0.228 e. The number of carbonyl (C=O) groups is 1. The molecule has 1 fully saturated rings. The standard InChI is InChI=1S/C14H19N3O/c1-2-17(8-9-3-4-9)13-7-12-10(5-11(13)15)6-14(18)16-12/h5,7,9H,2-4,6,8,15H2,1H3,(H,16,18). The molecule has 18 heavy (non-hydrogen) atoms. The molecule has 0 spiro atoms. The third kappa shape index (κ3) is 2.03. The molecule has 1 heterocycles. The Balaban J connectivity index is 1.90. The number of nitrogens with two attached hydrogens (primary N) is 1. The van der Waals surface area contributed by atoms with Crippen molar-refractivity contribution in [3.05, 3.63) is 17.7 Å². The molecule has 1 aliphatic heterocycles. The number of nitrogen functional groups attached to an aromatic ring is 1. The minimum atomic E-state index is 0.0618. The first-order valence-corrected chi connectivity index (χ1v) is 6.64. The minimum absolute atomic E-state index is 0.0618. The number of hydrogen-bond acceptors (Lipinski definition) is 3. The molecule has 0 saturated heterocycles. The van der Waals surface area contributed by atoms with E-state index in [1.807, 2.05) is 12.1 Å². The van der Waals surface area contributed by atoms with Crippen LogP contribution in [-0.4, -0.2) is 19.0 Å². The zero-order chi connectivity index (χ0) is 12.7. The third-order valence-corrected chi connectivity index (χ3v) is 3.78. The van der Waals surface area contributed by atoms with Crippen LogP contribution in [0.4, 0.5) is 17.1 Å². The summed E-state index contributed by atoms with van der Waals surface area (Å²) in [7, 11) is 0. The average Bonchev–Trinajstić information content (AvgIpc) is 3.07. The van der Waals surface area contributed by atoms with Gasteiger partial charge in [0, 0.05) is 18.8 Å². The Kier molecular flexibility index (Phi) is 2.65. The highest BCUT2D eigenvalue weighted by Crippen LogP contribution is 2.36. The van der Waals surface area contributed by atoms with Crippen molar-refractivity contribution in [2.45, 2.75) is 26.2 Å². The summed E-state index contributed by atoms with van der Waals surface area (Å²) in [6.45, 7) is 4.18. The number of hydrogen-bond donors (Lipinski definition) is 2. The fourth-order valence-corrected chi connectivity index (χ4v) is 2.57. The van der Waals surface area contributed by atoms with E-state index in [9.17, 15) is 4.79 Å². The van der Waals surface area contributed by atoms with E-state index in [1.54, 1.807) is 0 Å². The van der Waals surface area contributed by atoms with E-state index in [0.717, 1.165) is 41.6 Å². The number of nitrogens with zero attached hydrogens (tertiary/aromatic N) is 1. The predicted molar refractivity (Wildman–Crippen MR) is 73.8 cm³/mol. The van der Waals surface area contributed by atoms with Crippen molar-refractivity contribution in [3.63, 3.8) is 0 Å². The molecular weight excluding hydrogens is 226 g/mol. The number of rotatable bonds is 4. The van der Waals surface area contributed by atoms with E-state index in [0.29, 0.717) is 6.42 Å². The van der Waals surface area contributed by atoms with Gasteiger partial charge >= 0.3 is 0 Å². The molecule has 3 N–H and O–H groups in total. The molecule has 96 valence electrons. The van der Waals surface area contributed by atoms with E-state index in [1.165, 1.54) is 12.8 Å². The van der Waals surface area contributed by atoms with Gasteiger partial charge in [0.1, 0.15) is 0 Å². The summed E-state index contributed by atoms with van der Waals surface area (Å²) in [6.07, 6.45) is 3.12. The van der Waals surface area contributed by atoms with Crippen LogP contribution >= 0.6 is 0 Å². The molecule has 0 atom stereocenters. The van der Waals surface area contributed by atoms with Crippen LogP contribution in [-0.2, 0) is 11.2 Å². The first-order valence-electron chi connectivity index (χ1n) is 6.64. The number of carbonyl (C=O) groups excluding carboxylic acids is 1. The molecule has 0 aromatic heterocycles. The van der Waals surface area contributed by atoms with Gasteiger partial charge < -0.3 is 16.0 Å². The topological polar surface area (TPSA) is 58.4 Å². The highest BCUT2D eigenvalue weighted by Gasteiger charge is 2.26. The molecule has 1 saturated carbocycles. The molecular formula is C14H19N3O. The predicted octanol–water partition coefficient (Wildman–Crippen LogP) is 2.00. The zero-order valence-corrected chi connectivity index (χ0v) is 10.7. The monoisotopic (exact) mass is 245 g/mol. The zero-order valence-electron chi connectivity index (χ0n) is 10.7. The first-order chi connectivity index (χ1) is 8.67. The fourth-order valence-electron chi connectivity index (χ4n) is 2.57.